The molecular formula is C11H9F2NO2. The topological polar surface area (TPSA) is 46.3 Å². The fraction of sp³-hybridized carbons (Fsp3) is 0.182. The van der Waals surface area contributed by atoms with E-state index in [2.05, 4.69) is 5.16 Å². The number of rotatable bonds is 3. The number of benzene rings is 1. The summed E-state index contributed by atoms with van der Waals surface area (Å²) in [6, 6.07) is 5.33. The number of nitrogens with zero attached hydrogens (tertiary/aromatic N) is 1. The lowest BCUT2D eigenvalue weighted by Crippen LogP contribution is -1.89. The molecule has 0 saturated carbocycles. The van der Waals surface area contributed by atoms with Crippen molar-refractivity contribution in [2.24, 2.45) is 0 Å². The highest BCUT2D eigenvalue weighted by molar-refractivity contribution is 5.59. The Morgan fingerprint density at radius 3 is 2.88 bits per heavy atom. The van der Waals surface area contributed by atoms with Gasteiger partial charge in [-0.3, -0.25) is 0 Å². The van der Waals surface area contributed by atoms with Gasteiger partial charge in [0, 0.05) is 18.1 Å². The summed E-state index contributed by atoms with van der Waals surface area (Å²) in [4.78, 5) is 0. The zero-order valence-electron chi connectivity index (χ0n) is 8.28. The quantitative estimate of drug-likeness (QED) is 0.870. The SMILES string of the molecule is OCCc1cc(-c2cccc(F)c2F)no1. The molecule has 0 unspecified atom stereocenters. The average molecular weight is 225 g/mol. The molecule has 0 atom stereocenters. The molecule has 1 N–H and O–H groups in total. The van der Waals surface area contributed by atoms with Gasteiger partial charge in [-0.05, 0) is 12.1 Å². The first kappa shape index (κ1) is 10.8. The van der Waals surface area contributed by atoms with Crippen molar-refractivity contribution in [3.63, 3.8) is 0 Å². The van der Waals surface area contributed by atoms with Gasteiger partial charge in [0.15, 0.2) is 11.6 Å². The summed E-state index contributed by atoms with van der Waals surface area (Å²) >= 11 is 0. The first-order valence-electron chi connectivity index (χ1n) is 4.73. The lowest BCUT2D eigenvalue weighted by molar-refractivity contribution is 0.277. The molecule has 0 fully saturated rings. The summed E-state index contributed by atoms with van der Waals surface area (Å²) in [6.45, 7) is -0.0831. The molecule has 1 heterocycles. The maximum atomic E-state index is 13.4. The maximum Gasteiger partial charge on any atom is 0.168 e. The molecule has 0 aliphatic carbocycles. The lowest BCUT2D eigenvalue weighted by Gasteiger charge is -1.98. The third-order valence-electron chi connectivity index (χ3n) is 2.14. The summed E-state index contributed by atoms with van der Waals surface area (Å²) in [7, 11) is 0. The second-order valence-electron chi connectivity index (χ2n) is 3.25. The molecule has 84 valence electrons. The third kappa shape index (κ3) is 1.94. The van der Waals surface area contributed by atoms with Gasteiger partial charge < -0.3 is 9.63 Å². The summed E-state index contributed by atoms with van der Waals surface area (Å²) in [5, 5.41) is 12.3. The minimum Gasteiger partial charge on any atom is -0.396 e. The van der Waals surface area contributed by atoms with Gasteiger partial charge in [-0.1, -0.05) is 11.2 Å². The van der Waals surface area contributed by atoms with Crippen LogP contribution in [0.4, 0.5) is 8.78 Å². The van der Waals surface area contributed by atoms with E-state index < -0.39 is 11.6 Å². The predicted octanol–water partition coefficient (Wildman–Crippen LogP) is 2.15. The molecule has 16 heavy (non-hydrogen) atoms. The molecule has 1 aromatic heterocycles. The predicted molar refractivity (Wildman–Crippen MR) is 52.6 cm³/mol. The third-order valence-corrected chi connectivity index (χ3v) is 2.14. The van der Waals surface area contributed by atoms with Crippen LogP contribution < -0.4 is 0 Å². The summed E-state index contributed by atoms with van der Waals surface area (Å²) in [5.41, 5.74) is 0.272. The molecule has 0 spiro atoms. The van der Waals surface area contributed by atoms with Gasteiger partial charge in [0.05, 0.1) is 6.61 Å². The Balaban J connectivity index is 2.39. The second-order valence-corrected chi connectivity index (χ2v) is 3.25. The van der Waals surface area contributed by atoms with Crippen LogP contribution >= 0.6 is 0 Å². The van der Waals surface area contributed by atoms with E-state index in [1.807, 2.05) is 0 Å². The van der Waals surface area contributed by atoms with Crippen LogP contribution in [0.1, 0.15) is 5.76 Å². The van der Waals surface area contributed by atoms with E-state index in [4.69, 9.17) is 9.63 Å². The number of aliphatic hydroxyl groups excluding tert-OH is 1. The molecule has 0 aliphatic heterocycles. The van der Waals surface area contributed by atoms with E-state index in [9.17, 15) is 8.78 Å². The fourth-order valence-corrected chi connectivity index (χ4v) is 1.37. The number of aliphatic hydroxyl groups is 1. The highest BCUT2D eigenvalue weighted by atomic mass is 19.2. The van der Waals surface area contributed by atoms with E-state index in [1.54, 1.807) is 0 Å². The molecule has 0 aliphatic rings. The number of hydrogen-bond donors (Lipinski definition) is 1. The van der Waals surface area contributed by atoms with E-state index in [1.165, 1.54) is 18.2 Å². The van der Waals surface area contributed by atoms with E-state index >= 15 is 0 Å². The Hall–Kier alpha value is -1.75. The maximum absolute atomic E-state index is 13.4. The number of hydrogen-bond acceptors (Lipinski definition) is 3. The van der Waals surface area contributed by atoms with Crippen LogP contribution in [0.2, 0.25) is 0 Å². The Morgan fingerprint density at radius 1 is 1.31 bits per heavy atom. The molecule has 0 radical (unpaired) electrons. The van der Waals surface area contributed by atoms with Crippen molar-refractivity contribution in [1.29, 1.82) is 0 Å². The first-order valence-corrected chi connectivity index (χ1v) is 4.73. The first-order chi connectivity index (χ1) is 7.72. The smallest absolute Gasteiger partial charge is 0.168 e. The summed E-state index contributed by atoms with van der Waals surface area (Å²) < 4.78 is 31.2. The van der Waals surface area contributed by atoms with Gasteiger partial charge in [-0.15, -0.1) is 0 Å². The Morgan fingerprint density at radius 2 is 2.12 bits per heavy atom. The average Bonchev–Trinajstić information content (AvgIpc) is 2.71. The van der Waals surface area contributed by atoms with Crippen molar-refractivity contribution in [1.82, 2.24) is 5.16 Å². The molecule has 2 rings (SSSR count). The van der Waals surface area contributed by atoms with Crippen LogP contribution in [0.5, 0.6) is 0 Å². The van der Waals surface area contributed by atoms with E-state index in [0.717, 1.165) is 6.07 Å². The summed E-state index contributed by atoms with van der Waals surface area (Å²) in [5.74, 6) is -1.45. The van der Waals surface area contributed by atoms with Crippen molar-refractivity contribution < 1.29 is 18.4 Å². The molecule has 3 nitrogen and oxygen atoms in total. The molecule has 0 saturated heterocycles. The molecule has 0 amide bonds. The fourth-order valence-electron chi connectivity index (χ4n) is 1.37. The minimum atomic E-state index is -0.952. The van der Waals surface area contributed by atoms with Gasteiger partial charge in [0.2, 0.25) is 0 Å². The highest BCUT2D eigenvalue weighted by Gasteiger charge is 2.13. The van der Waals surface area contributed by atoms with Crippen molar-refractivity contribution in [2.45, 2.75) is 6.42 Å². The lowest BCUT2D eigenvalue weighted by atomic mass is 10.1. The van der Waals surface area contributed by atoms with Crippen LogP contribution in [0.15, 0.2) is 28.8 Å². The Labute approximate surface area is 90.3 Å². The Kier molecular flexibility index (Phi) is 2.96. The molecule has 1 aromatic carbocycles. The number of halogens is 2. The van der Waals surface area contributed by atoms with E-state index in [0.29, 0.717) is 12.2 Å². The molecular weight excluding hydrogens is 216 g/mol. The van der Waals surface area contributed by atoms with Crippen LogP contribution in [-0.2, 0) is 6.42 Å². The normalized spacial score (nSPS) is 10.7. The molecule has 0 bridgehead atoms. The second kappa shape index (κ2) is 4.40. The van der Waals surface area contributed by atoms with Crippen molar-refractivity contribution in [2.75, 3.05) is 6.61 Å². The van der Waals surface area contributed by atoms with Crippen molar-refractivity contribution in [3.8, 4) is 11.3 Å². The number of aromatic nitrogens is 1. The standard InChI is InChI=1S/C11H9F2NO2/c12-9-3-1-2-8(11(9)13)10-6-7(4-5-15)16-14-10/h1-3,6,15H,4-5H2. The van der Waals surface area contributed by atoms with Crippen LogP contribution in [0.3, 0.4) is 0 Å². The van der Waals surface area contributed by atoms with Crippen LogP contribution in [0, 0.1) is 11.6 Å². The zero-order valence-corrected chi connectivity index (χ0v) is 8.28. The van der Waals surface area contributed by atoms with Crippen LogP contribution in [0.25, 0.3) is 11.3 Å². The van der Waals surface area contributed by atoms with Gasteiger partial charge in [-0.2, -0.15) is 0 Å². The highest BCUT2D eigenvalue weighted by Crippen LogP contribution is 2.24. The Bertz CT molecular complexity index is 496. The largest absolute Gasteiger partial charge is 0.396 e. The van der Waals surface area contributed by atoms with Gasteiger partial charge >= 0.3 is 0 Å². The van der Waals surface area contributed by atoms with Gasteiger partial charge in [-0.25, -0.2) is 8.78 Å². The zero-order chi connectivity index (χ0) is 11.5. The monoisotopic (exact) mass is 225 g/mol. The van der Waals surface area contributed by atoms with Gasteiger partial charge in [0.25, 0.3) is 0 Å². The molecule has 2 aromatic rings. The van der Waals surface area contributed by atoms with Crippen molar-refractivity contribution in [3.05, 3.63) is 41.7 Å². The van der Waals surface area contributed by atoms with E-state index in [-0.39, 0.29) is 17.9 Å². The van der Waals surface area contributed by atoms with Crippen molar-refractivity contribution >= 4 is 0 Å². The van der Waals surface area contributed by atoms with Gasteiger partial charge in [0.1, 0.15) is 11.5 Å². The summed E-state index contributed by atoms with van der Waals surface area (Å²) in [6.07, 6.45) is 0.296. The molecule has 5 heteroatoms. The minimum absolute atomic E-state index is 0.0490. The van der Waals surface area contributed by atoms with Crippen LogP contribution in [-0.4, -0.2) is 16.9 Å².